The van der Waals surface area contributed by atoms with Gasteiger partial charge in [0.05, 0.1) is 16.4 Å². The second-order valence-corrected chi connectivity index (χ2v) is 7.80. The summed E-state index contributed by atoms with van der Waals surface area (Å²) in [5.74, 6) is 0.320. The quantitative estimate of drug-likeness (QED) is 0.639. The van der Waals surface area contributed by atoms with Gasteiger partial charge in [0.2, 0.25) is 0 Å². The molecule has 1 fully saturated rings. The number of aryl methyl sites for hydroxylation is 1. The van der Waals surface area contributed by atoms with E-state index in [1.165, 1.54) is 19.3 Å². The largest absolute Gasteiger partial charge is 0.482 e. The molecule has 0 bridgehead atoms. The van der Waals surface area contributed by atoms with Gasteiger partial charge in [-0.05, 0) is 62.1 Å². The van der Waals surface area contributed by atoms with Gasteiger partial charge < -0.3 is 15.0 Å². The molecule has 2 aromatic carbocycles. The molecule has 3 aromatic rings. The van der Waals surface area contributed by atoms with Crippen molar-refractivity contribution in [1.82, 2.24) is 14.8 Å². The number of carbonyl (C=O) groups excluding carboxylic acids is 1. The molecule has 0 unspecified atom stereocenters. The Labute approximate surface area is 180 Å². The third-order valence-electron chi connectivity index (χ3n) is 5.10. The van der Waals surface area contributed by atoms with Gasteiger partial charge in [-0.1, -0.05) is 17.7 Å². The Morgan fingerprint density at radius 2 is 1.83 bits per heavy atom. The van der Waals surface area contributed by atoms with E-state index in [-0.39, 0.29) is 12.5 Å². The molecule has 8 heteroatoms. The van der Waals surface area contributed by atoms with Gasteiger partial charge in [0.15, 0.2) is 6.61 Å². The molecule has 1 aliphatic rings. The van der Waals surface area contributed by atoms with Crippen molar-refractivity contribution in [2.75, 3.05) is 29.9 Å². The van der Waals surface area contributed by atoms with Crippen molar-refractivity contribution in [2.24, 2.45) is 0 Å². The average molecular weight is 426 g/mol. The van der Waals surface area contributed by atoms with Crippen LogP contribution < -0.4 is 15.0 Å². The molecule has 1 amide bonds. The summed E-state index contributed by atoms with van der Waals surface area (Å²) in [7, 11) is 0. The number of piperidine rings is 1. The number of hydrogen-bond donors (Lipinski definition) is 1. The molecule has 1 saturated heterocycles. The van der Waals surface area contributed by atoms with Crippen molar-refractivity contribution in [3.8, 4) is 11.4 Å². The van der Waals surface area contributed by atoms with Crippen molar-refractivity contribution in [1.29, 1.82) is 0 Å². The van der Waals surface area contributed by atoms with E-state index >= 15 is 0 Å². The van der Waals surface area contributed by atoms with Gasteiger partial charge in [-0.2, -0.15) is 0 Å². The molecular formula is C22H24ClN5O2. The predicted octanol–water partition coefficient (Wildman–Crippen LogP) is 4.24. The van der Waals surface area contributed by atoms with E-state index in [2.05, 4.69) is 20.4 Å². The Hall–Kier alpha value is -3.06. The number of ether oxygens (including phenoxy) is 1. The molecule has 0 spiro atoms. The molecule has 0 radical (unpaired) electrons. The van der Waals surface area contributed by atoms with Gasteiger partial charge >= 0.3 is 0 Å². The zero-order valence-corrected chi connectivity index (χ0v) is 17.6. The minimum absolute atomic E-state index is 0.121. The Morgan fingerprint density at radius 3 is 2.57 bits per heavy atom. The van der Waals surface area contributed by atoms with Crippen LogP contribution in [0.3, 0.4) is 0 Å². The highest BCUT2D eigenvalue weighted by Gasteiger charge is 2.15. The van der Waals surface area contributed by atoms with Crippen molar-refractivity contribution >= 4 is 28.9 Å². The lowest BCUT2D eigenvalue weighted by Gasteiger charge is -2.29. The number of nitrogens with zero attached hydrogens (tertiary/aromatic N) is 4. The van der Waals surface area contributed by atoms with E-state index in [0.717, 1.165) is 30.0 Å². The van der Waals surface area contributed by atoms with Crippen LogP contribution in [0.1, 0.15) is 24.8 Å². The maximum atomic E-state index is 12.4. The number of hydrogen-bond acceptors (Lipinski definition) is 5. The van der Waals surface area contributed by atoms with Crippen LogP contribution in [0.4, 0.5) is 11.4 Å². The average Bonchev–Trinajstić information content (AvgIpc) is 3.28. The fourth-order valence-electron chi connectivity index (χ4n) is 3.59. The van der Waals surface area contributed by atoms with E-state index in [1.807, 2.05) is 37.3 Å². The summed E-state index contributed by atoms with van der Waals surface area (Å²) < 4.78 is 7.52. The number of aromatic nitrogens is 3. The SMILES string of the molecule is Cc1ccc(OCC(=O)Nc2ccc(N3CCCCC3)c(Cl)c2)c(-n2cnnc2)c1. The highest BCUT2D eigenvalue weighted by Crippen LogP contribution is 2.31. The molecule has 1 N–H and O–H groups in total. The van der Waals surface area contributed by atoms with Gasteiger partial charge in [-0.15, -0.1) is 10.2 Å². The van der Waals surface area contributed by atoms with E-state index < -0.39 is 0 Å². The third-order valence-corrected chi connectivity index (χ3v) is 5.40. The lowest BCUT2D eigenvalue weighted by atomic mass is 10.1. The third kappa shape index (κ3) is 4.74. The van der Waals surface area contributed by atoms with E-state index in [9.17, 15) is 4.79 Å². The maximum absolute atomic E-state index is 12.4. The number of carbonyl (C=O) groups is 1. The molecule has 1 aliphatic heterocycles. The smallest absolute Gasteiger partial charge is 0.262 e. The monoisotopic (exact) mass is 425 g/mol. The van der Waals surface area contributed by atoms with Crippen LogP contribution in [-0.4, -0.2) is 40.4 Å². The highest BCUT2D eigenvalue weighted by atomic mass is 35.5. The van der Waals surface area contributed by atoms with Gasteiger partial charge in [-0.3, -0.25) is 9.36 Å². The summed E-state index contributed by atoms with van der Waals surface area (Å²) in [4.78, 5) is 14.7. The van der Waals surface area contributed by atoms with Crippen LogP contribution in [0.15, 0.2) is 49.1 Å². The molecule has 30 heavy (non-hydrogen) atoms. The van der Waals surface area contributed by atoms with Crippen LogP contribution in [0.25, 0.3) is 5.69 Å². The number of amides is 1. The summed E-state index contributed by atoms with van der Waals surface area (Å²) in [5.41, 5.74) is 3.52. The minimum atomic E-state index is -0.257. The molecule has 1 aromatic heterocycles. The summed E-state index contributed by atoms with van der Waals surface area (Å²) in [5, 5.41) is 11.2. The Kier molecular flexibility index (Phi) is 6.18. The van der Waals surface area contributed by atoms with Crippen molar-refractivity contribution in [3.63, 3.8) is 0 Å². The zero-order valence-electron chi connectivity index (χ0n) is 16.8. The summed E-state index contributed by atoms with van der Waals surface area (Å²) in [6.07, 6.45) is 6.81. The highest BCUT2D eigenvalue weighted by molar-refractivity contribution is 6.33. The zero-order chi connectivity index (χ0) is 20.9. The number of halogens is 1. The Morgan fingerprint density at radius 1 is 1.07 bits per heavy atom. The molecule has 7 nitrogen and oxygen atoms in total. The first kappa shape index (κ1) is 20.2. The second-order valence-electron chi connectivity index (χ2n) is 7.39. The number of rotatable bonds is 6. The minimum Gasteiger partial charge on any atom is -0.482 e. The molecular weight excluding hydrogens is 402 g/mol. The van der Waals surface area contributed by atoms with E-state index in [0.29, 0.717) is 16.5 Å². The number of nitrogens with one attached hydrogen (secondary N) is 1. The molecule has 4 rings (SSSR count). The fourth-order valence-corrected chi connectivity index (χ4v) is 3.89. The van der Waals surface area contributed by atoms with Gasteiger partial charge in [-0.25, -0.2) is 0 Å². The Bertz CT molecular complexity index is 1020. The lowest BCUT2D eigenvalue weighted by molar-refractivity contribution is -0.118. The van der Waals surface area contributed by atoms with Crippen molar-refractivity contribution < 1.29 is 9.53 Å². The van der Waals surface area contributed by atoms with Crippen LogP contribution in [-0.2, 0) is 4.79 Å². The lowest BCUT2D eigenvalue weighted by Crippen LogP contribution is -2.29. The number of anilines is 2. The first-order valence-electron chi connectivity index (χ1n) is 10.0. The van der Waals surface area contributed by atoms with Gasteiger partial charge in [0, 0.05) is 18.8 Å². The van der Waals surface area contributed by atoms with Gasteiger partial charge in [0.1, 0.15) is 18.4 Å². The first-order valence-corrected chi connectivity index (χ1v) is 10.4. The molecule has 156 valence electrons. The van der Waals surface area contributed by atoms with E-state index in [4.69, 9.17) is 16.3 Å². The van der Waals surface area contributed by atoms with Gasteiger partial charge in [0.25, 0.3) is 5.91 Å². The number of benzene rings is 2. The van der Waals surface area contributed by atoms with E-state index in [1.54, 1.807) is 23.3 Å². The molecule has 0 aliphatic carbocycles. The van der Waals surface area contributed by atoms with Crippen LogP contribution in [0.2, 0.25) is 5.02 Å². The van der Waals surface area contributed by atoms with Crippen LogP contribution >= 0.6 is 11.6 Å². The van der Waals surface area contributed by atoms with Crippen LogP contribution in [0, 0.1) is 6.92 Å². The standard InChI is InChI=1S/C22H24ClN5O2/c1-16-5-8-21(20(11-16)28-14-24-25-15-28)30-13-22(29)26-17-6-7-19(18(23)12-17)27-9-3-2-4-10-27/h5-8,11-12,14-15H,2-4,9-10,13H2,1H3,(H,26,29). The second kappa shape index (κ2) is 9.17. The van der Waals surface area contributed by atoms with Crippen LogP contribution in [0.5, 0.6) is 5.75 Å². The molecule has 0 atom stereocenters. The summed E-state index contributed by atoms with van der Waals surface area (Å²) in [6.45, 7) is 3.90. The first-order chi connectivity index (χ1) is 14.6. The Balaban J connectivity index is 1.39. The predicted molar refractivity (Wildman–Crippen MR) is 118 cm³/mol. The fraction of sp³-hybridized carbons (Fsp3) is 0.318. The maximum Gasteiger partial charge on any atom is 0.262 e. The van der Waals surface area contributed by atoms with Crippen molar-refractivity contribution in [3.05, 3.63) is 59.6 Å². The van der Waals surface area contributed by atoms with Crippen molar-refractivity contribution in [2.45, 2.75) is 26.2 Å². The topological polar surface area (TPSA) is 72.3 Å². The normalized spacial score (nSPS) is 13.9. The molecule has 0 saturated carbocycles. The summed E-state index contributed by atoms with van der Waals surface area (Å²) in [6, 6.07) is 11.4. The summed E-state index contributed by atoms with van der Waals surface area (Å²) >= 11 is 6.47. The molecule has 2 heterocycles.